The van der Waals surface area contributed by atoms with E-state index in [1.807, 2.05) is 31.2 Å². The van der Waals surface area contributed by atoms with Gasteiger partial charge in [0.1, 0.15) is 5.03 Å². The number of nitriles is 1. The molecule has 2 aromatic carbocycles. The van der Waals surface area contributed by atoms with Crippen molar-refractivity contribution in [3.63, 3.8) is 0 Å². The van der Waals surface area contributed by atoms with E-state index in [2.05, 4.69) is 10.3 Å². The van der Waals surface area contributed by atoms with Crippen LogP contribution in [0.4, 0.5) is 5.69 Å². The predicted molar refractivity (Wildman–Crippen MR) is 114 cm³/mol. The van der Waals surface area contributed by atoms with Gasteiger partial charge < -0.3 is 10.2 Å². The molecule has 7 heteroatoms. The highest BCUT2D eigenvalue weighted by Crippen LogP contribution is 2.40. The lowest BCUT2D eigenvalue weighted by Crippen LogP contribution is -2.30. The number of carbonyl (C=O) groups excluding carboxylic acids is 2. The van der Waals surface area contributed by atoms with E-state index in [-0.39, 0.29) is 11.8 Å². The minimum Gasteiger partial charge on any atom is -0.348 e. The summed E-state index contributed by atoms with van der Waals surface area (Å²) >= 11 is 1.45. The summed E-state index contributed by atoms with van der Waals surface area (Å²) in [5.74, 6) is -0.308. The lowest BCUT2D eigenvalue weighted by Gasteiger charge is -2.21. The van der Waals surface area contributed by atoms with Gasteiger partial charge in [-0.3, -0.25) is 9.59 Å². The predicted octanol–water partition coefficient (Wildman–Crippen LogP) is 4.01. The van der Waals surface area contributed by atoms with Crippen molar-refractivity contribution in [1.29, 1.82) is 5.26 Å². The third-order valence-corrected chi connectivity index (χ3v) is 5.86. The van der Waals surface area contributed by atoms with E-state index in [1.54, 1.807) is 47.5 Å². The van der Waals surface area contributed by atoms with Gasteiger partial charge in [-0.05, 0) is 55.0 Å². The van der Waals surface area contributed by atoms with Crippen LogP contribution in [0, 0.1) is 11.3 Å². The van der Waals surface area contributed by atoms with Crippen LogP contribution in [0.25, 0.3) is 0 Å². The molecule has 30 heavy (non-hydrogen) atoms. The van der Waals surface area contributed by atoms with Crippen LogP contribution in [0.5, 0.6) is 0 Å². The fourth-order valence-corrected chi connectivity index (χ4v) is 4.38. The molecule has 0 bridgehead atoms. The molecule has 0 radical (unpaired) electrons. The van der Waals surface area contributed by atoms with Gasteiger partial charge in [0.15, 0.2) is 0 Å². The standard InChI is InChI=1S/C23H18N4O2S/c1-2-27-19-9-8-16(14-26-21(28)17-6-3-5-15(11-17)13-24)12-20(19)30-22-18(23(27)29)7-4-10-25-22/h3-12H,2,14H2,1H3,(H,26,28). The van der Waals surface area contributed by atoms with E-state index >= 15 is 0 Å². The molecule has 2 amide bonds. The number of pyridine rings is 1. The van der Waals surface area contributed by atoms with Gasteiger partial charge in [0.05, 0.1) is 22.9 Å². The number of carbonyl (C=O) groups is 2. The molecule has 0 atom stereocenters. The summed E-state index contributed by atoms with van der Waals surface area (Å²) in [6.45, 7) is 2.82. The highest BCUT2D eigenvalue weighted by atomic mass is 32.2. The normalized spacial score (nSPS) is 12.4. The number of rotatable bonds is 4. The number of anilines is 1. The van der Waals surface area contributed by atoms with Gasteiger partial charge in [-0.25, -0.2) is 4.98 Å². The van der Waals surface area contributed by atoms with Gasteiger partial charge in [0.25, 0.3) is 11.8 Å². The average molecular weight is 414 g/mol. The van der Waals surface area contributed by atoms with Crippen LogP contribution in [-0.4, -0.2) is 23.3 Å². The summed E-state index contributed by atoms with van der Waals surface area (Å²) in [7, 11) is 0. The van der Waals surface area contributed by atoms with Crippen LogP contribution in [0.15, 0.2) is 70.7 Å². The zero-order valence-electron chi connectivity index (χ0n) is 16.3. The fourth-order valence-electron chi connectivity index (χ4n) is 3.30. The Morgan fingerprint density at radius 2 is 2.07 bits per heavy atom. The highest BCUT2D eigenvalue weighted by molar-refractivity contribution is 7.99. The van der Waals surface area contributed by atoms with Crippen LogP contribution in [0.1, 0.15) is 38.8 Å². The van der Waals surface area contributed by atoms with Crippen LogP contribution < -0.4 is 10.2 Å². The van der Waals surface area contributed by atoms with Crippen molar-refractivity contribution in [2.45, 2.75) is 23.4 Å². The third-order valence-electron chi connectivity index (χ3n) is 4.79. The molecule has 0 fully saturated rings. The summed E-state index contributed by atoms with van der Waals surface area (Å²) in [6.07, 6.45) is 1.68. The molecule has 0 unspecified atom stereocenters. The number of hydrogen-bond donors (Lipinski definition) is 1. The molecule has 0 saturated heterocycles. The first kappa shape index (κ1) is 19.7. The minimum atomic E-state index is -0.243. The molecule has 0 spiro atoms. The van der Waals surface area contributed by atoms with E-state index in [1.165, 1.54) is 11.8 Å². The van der Waals surface area contributed by atoms with Crippen molar-refractivity contribution in [2.75, 3.05) is 11.4 Å². The van der Waals surface area contributed by atoms with E-state index in [9.17, 15) is 9.59 Å². The van der Waals surface area contributed by atoms with Crippen molar-refractivity contribution < 1.29 is 9.59 Å². The van der Waals surface area contributed by atoms with Crippen molar-refractivity contribution in [3.8, 4) is 6.07 Å². The van der Waals surface area contributed by atoms with Gasteiger partial charge in [-0.15, -0.1) is 0 Å². The van der Waals surface area contributed by atoms with Crippen LogP contribution >= 0.6 is 11.8 Å². The van der Waals surface area contributed by atoms with Gasteiger partial charge in [0, 0.05) is 29.7 Å². The van der Waals surface area contributed by atoms with Crippen LogP contribution in [-0.2, 0) is 6.54 Å². The second-order valence-electron chi connectivity index (χ2n) is 6.68. The molecule has 0 aliphatic carbocycles. The maximum Gasteiger partial charge on any atom is 0.261 e. The molecule has 1 aliphatic heterocycles. The summed E-state index contributed by atoms with van der Waals surface area (Å²) in [6, 6.07) is 18.0. The smallest absolute Gasteiger partial charge is 0.261 e. The maximum atomic E-state index is 12.9. The van der Waals surface area contributed by atoms with E-state index in [0.29, 0.717) is 34.8 Å². The van der Waals surface area contributed by atoms with E-state index in [0.717, 1.165) is 16.1 Å². The van der Waals surface area contributed by atoms with Crippen molar-refractivity contribution in [3.05, 3.63) is 83.0 Å². The molecule has 1 aliphatic rings. The Balaban J connectivity index is 1.58. The Morgan fingerprint density at radius 1 is 1.20 bits per heavy atom. The summed E-state index contributed by atoms with van der Waals surface area (Å²) in [5, 5.41) is 12.6. The molecular formula is C23H18N4O2S. The first-order chi connectivity index (χ1) is 14.6. The quantitative estimate of drug-likeness (QED) is 0.697. The van der Waals surface area contributed by atoms with Crippen molar-refractivity contribution in [2.24, 2.45) is 0 Å². The van der Waals surface area contributed by atoms with Crippen LogP contribution in [0.2, 0.25) is 0 Å². The maximum absolute atomic E-state index is 12.9. The first-order valence-electron chi connectivity index (χ1n) is 9.46. The molecule has 3 aromatic rings. The number of aromatic nitrogens is 1. The number of nitrogens with one attached hydrogen (secondary N) is 1. The van der Waals surface area contributed by atoms with E-state index < -0.39 is 0 Å². The molecule has 6 nitrogen and oxygen atoms in total. The first-order valence-corrected chi connectivity index (χ1v) is 10.3. The molecule has 1 N–H and O–H groups in total. The summed E-state index contributed by atoms with van der Waals surface area (Å²) in [5.41, 5.74) is 3.22. The topological polar surface area (TPSA) is 86.1 Å². The molecule has 1 aromatic heterocycles. The molecule has 148 valence electrons. The second-order valence-corrected chi connectivity index (χ2v) is 7.72. The molecule has 0 saturated carbocycles. The van der Waals surface area contributed by atoms with Gasteiger partial charge in [0.2, 0.25) is 0 Å². The van der Waals surface area contributed by atoms with Gasteiger partial charge in [-0.2, -0.15) is 5.26 Å². The zero-order valence-corrected chi connectivity index (χ0v) is 17.1. The number of nitrogens with zero attached hydrogens (tertiary/aromatic N) is 3. The van der Waals surface area contributed by atoms with Gasteiger partial charge >= 0.3 is 0 Å². The summed E-state index contributed by atoms with van der Waals surface area (Å²) in [4.78, 5) is 32.4. The minimum absolute atomic E-state index is 0.0646. The monoisotopic (exact) mass is 414 g/mol. The third kappa shape index (κ3) is 3.78. The summed E-state index contributed by atoms with van der Waals surface area (Å²) < 4.78 is 0. The van der Waals surface area contributed by atoms with Gasteiger partial charge in [-0.1, -0.05) is 23.9 Å². The molecule has 2 heterocycles. The van der Waals surface area contributed by atoms with Crippen LogP contribution in [0.3, 0.4) is 0 Å². The zero-order chi connectivity index (χ0) is 21.1. The largest absolute Gasteiger partial charge is 0.348 e. The van der Waals surface area contributed by atoms with Crippen molar-refractivity contribution in [1.82, 2.24) is 10.3 Å². The number of amides is 2. The second kappa shape index (κ2) is 8.39. The average Bonchev–Trinajstić information content (AvgIpc) is 2.90. The Hall–Kier alpha value is -3.63. The Labute approximate surface area is 178 Å². The van der Waals surface area contributed by atoms with Crippen molar-refractivity contribution >= 4 is 29.3 Å². The molecular weight excluding hydrogens is 396 g/mol. The molecule has 4 rings (SSSR count). The Kier molecular flexibility index (Phi) is 5.50. The number of hydrogen-bond acceptors (Lipinski definition) is 5. The Morgan fingerprint density at radius 3 is 2.87 bits per heavy atom. The fraction of sp³-hybridized carbons (Fsp3) is 0.130. The number of fused-ring (bicyclic) bond motifs is 2. The van der Waals surface area contributed by atoms with E-state index in [4.69, 9.17) is 5.26 Å². The number of benzene rings is 2. The highest BCUT2D eigenvalue weighted by Gasteiger charge is 2.27. The Bertz CT molecular complexity index is 1190. The lowest BCUT2D eigenvalue weighted by atomic mass is 10.1. The lowest BCUT2D eigenvalue weighted by molar-refractivity contribution is 0.0949. The SMILES string of the molecule is CCN1C(=O)c2cccnc2Sc2cc(CNC(=O)c3cccc(C#N)c3)ccc21.